The summed E-state index contributed by atoms with van der Waals surface area (Å²) in [6, 6.07) is 5.08. The van der Waals surface area contributed by atoms with E-state index in [4.69, 9.17) is 14.2 Å². The van der Waals surface area contributed by atoms with Crippen molar-refractivity contribution < 1.29 is 54.7 Å². The molecule has 2 aromatic carbocycles. The van der Waals surface area contributed by atoms with Gasteiger partial charge in [0.25, 0.3) is 11.9 Å². The molecule has 1 saturated heterocycles. The van der Waals surface area contributed by atoms with Crippen LogP contribution >= 0.6 is 0 Å². The lowest BCUT2D eigenvalue weighted by molar-refractivity contribution is -0.287. The first-order chi connectivity index (χ1) is 15.6. The minimum atomic E-state index is -1.60. The van der Waals surface area contributed by atoms with E-state index in [2.05, 4.69) is 4.74 Å². The number of phenolic OH excluding ortho intramolecular Hbond substituents is 4. The topological polar surface area (TPSA) is 182 Å². The zero-order chi connectivity index (χ0) is 24.0. The van der Waals surface area contributed by atoms with Crippen LogP contribution in [-0.4, -0.2) is 78.3 Å². The van der Waals surface area contributed by atoms with Crippen molar-refractivity contribution in [2.24, 2.45) is 0 Å². The molecule has 6 atom stereocenters. The van der Waals surface area contributed by atoms with Crippen LogP contribution in [0.3, 0.4) is 0 Å². The van der Waals surface area contributed by atoms with Gasteiger partial charge >= 0.3 is 0 Å². The predicted octanol–water partition coefficient (Wildman–Crippen LogP) is 0.699. The Labute approximate surface area is 187 Å². The fourth-order valence-electron chi connectivity index (χ4n) is 3.80. The molecule has 178 valence electrons. The van der Waals surface area contributed by atoms with Crippen LogP contribution in [0.2, 0.25) is 0 Å². The zero-order valence-corrected chi connectivity index (χ0v) is 17.7. The number of benzene rings is 2. The molecule has 0 radical (unpaired) electrons. The van der Waals surface area contributed by atoms with Crippen molar-refractivity contribution in [1.29, 1.82) is 0 Å². The Morgan fingerprint density at radius 2 is 1.64 bits per heavy atom. The summed E-state index contributed by atoms with van der Waals surface area (Å²) >= 11 is 0. The molecule has 1 unspecified atom stereocenters. The van der Waals surface area contributed by atoms with Gasteiger partial charge in [0.1, 0.15) is 35.4 Å². The Hall–Kier alpha value is -3.38. The van der Waals surface area contributed by atoms with Crippen molar-refractivity contribution in [1.82, 2.24) is 0 Å². The number of phenols is 4. The SMILES string of the molecule is COc1cc(C2[OH+]c3cc(O)cc(O)c3C=C2O[C@@H]2O[C@@H](C)[C@H](O)[C@@H](O)[C@@H]2O)cc(O)c1O. The van der Waals surface area contributed by atoms with Crippen LogP contribution in [0.5, 0.6) is 34.5 Å². The predicted molar refractivity (Wildman–Crippen MR) is 112 cm³/mol. The molecule has 8 N–H and O–H groups in total. The van der Waals surface area contributed by atoms with Crippen molar-refractivity contribution >= 4 is 6.08 Å². The summed E-state index contributed by atoms with van der Waals surface area (Å²) in [7, 11) is 1.30. The summed E-state index contributed by atoms with van der Waals surface area (Å²) in [6.07, 6.45) is -6.29. The van der Waals surface area contributed by atoms with Crippen LogP contribution in [0.1, 0.15) is 24.2 Å². The first-order valence-corrected chi connectivity index (χ1v) is 10.0. The summed E-state index contributed by atoms with van der Waals surface area (Å²) in [4.78, 5) is 0. The molecule has 2 aliphatic heterocycles. The molecule has 0 aromatic heterocycles. The number of rotatable bonds is 4. The van der Waals surface area contributed by atoms with Crippen LogP contribution in [0.4, 0.5) is 0 Å². The lowest BCUT2D eigenvalue weighted by Crippen LogP contribution is -2.57. The third-order valence-corrected chi connectivity index (χ3v) is 5.62. The van der Waals surface area contributed by atoms with Crippen molar-refractivity contribution in [3.05, 3.63) is 41.2 Å². The molecule has 2 aromatic rings. The minimum Gasteiger partial charge on any atom is -0.571 e. The van der Waals surface area contributed by atoms with Gasteiger partial charge in [-0.3, -0.25) is 0 Å². The van der Waals surface area contributed by atoms with E-state index in [0.717, 1.165) is 6.07 Å². The van der Waals surface area contributed by atoms with Crippen molar-refractivity contribution in [3.63, 3.8) is 0 Å². The molecule has 2 aliphatic rings. The number of aliphatic hydroxyl groups is 4. The highest BCUT2D eigenvalue weighted by Crippen LogP contribution is 2.47. The Morgan fingerprint density at radius 3 is 2.33 bits per heavy atom. The minimum absolute atomic E-state index is 0.0368. The summed E-state index contributed by atoms with van der Waals surface area (Å²) in [5.41, 5.74) is 0.522. The molecule has 4 rings (SSSR count). The summed E-state index contributed by atoms with van der Waals surface area (Å²) < 4.78 is 21.0. The maximum atomic E-state index is 10.4. The highest BCUT2D eigenvalue weighted by atomic mass is 16.7. The first kappa shape index (κ1) is 22.8. The third kappa shape index (κ3) is 4.07. The maximum absolute atomic E-state index is 10.4. The smallest absolute Gasteiger partial charge is 0.270 e. The fourth-order valence-corrected chi connectivity index (χ4v) is 3.80. The number of aromatic hydroxyl groups is 5. The molecular formula is C22H25O11+. The van der Waals surface area contributed by atoms with Gasteiger partial charge in [-0.15, -0.1) is 0 Å². The van der Waals surface area contributed by atoms with Crippen LogP contribution in [0.25, 0.3) is 6.08 Å². The third-order valence-electron chi connectivity index (χ3n) is 5.62. The molecule has 2 heterocycles. The van der Waals surface area contributed by atoms with Crippen molar-refractivity contribution in [3.8, 4) is 34.5 Å². The van der Waals surface area contributed by atoms with Crippen LogP contribution in [0, 0.1) is 0 Å². The quantitative estimate of drug-likeness (QED) is 0.251. The van der Waals surface area contributed by atoms with E-state index in [1.807, 2.05) is 0 Å². The van der Waals surface area contributed by atoms with Gasteiger partial charge in [-0.25, -0.2) is 0 Å². The van der Waals surface area contributed by atoms with E-state index in [1.54, 1.807) is 0 Å². The molecule has 0 aliphatic carbocycles. The summed E-state index contributed by atoms with van der Waals surface area (Å²) in [5.74, 6) is -1.24. The van der Waals surface area contributed by atoms with Gasteiger partial charge in [0, 0.05) is 12.1 Å². The highest BCUT2D eigenvalue weighted by molar-refractivity contribution is 5.69. The Bertz CT molecular complexity index is 1080. The molecule has 1 fully saturated rings. The Kier molecular flexibility index (Phi) is 5.89. The summed E-state index contributed by atoms with van der Waals surface area (Å²) in [5, 5.41) is 70.7. The molecule has 11 nitrogen and oxygen atoms in total. The fraction of sp³-hybridized carbons (Fsp3) is 0.364. The standard InChI is InChI=1S/C22H24O11/c1-8-17(26)19(28)20(29)22(31-8)33-16-7-11-12(24)5-10(23)6-14(11)32-21(16)9-3-13(25)18(27)15(4-9)30-2/h3-8,17,19-29H,1-2H3/p+1/t8-,17-,19+,20-,21?,22-/m0/s1. The number of hydrogen-bond donors (Lipinski definition) is 7. The van der Waals surface area contributed by atoms with Crippen LogP contribution < -0.4 is 4.74 Å². The van der Waals surface area contributed by atoms with Gasteiger partial charge in [0.15, 0.2) is 17.3 Å². The average Bonchev–Trinajstić information content (AvgIpc) is 2.77. The van der Waals surface area contributed by atoms with Gasteiger partial charge in [0.2, 0.25) is 12.0 Å². The molecule has 0 saturated carbocycles. The lowest BCUT2D eigenvalue weighted by atomic mass is 9.98. The van der Waals surface area contributed by atoms with E-state index >= 15 is 0 Å². The number of fused-ring (bicyclic) bond motifs is 1. The number of methoxy groups -OCH3 is 1. The van der Waals surface area contributed by atoms with E-state index < -0.39 is 48.3 Å². The van der Waals surface area contributed by atoms with E-state index in [1.165, 1.54) is 38.3 Å². The van der Waals surface area contributed by atoms with Gasteiger partial charge in [-0.05, 0) is 19.1 Å². The van der Waals surface area contributed by atoms with E-state index in [0.29, 0.717) is 5.56 Å². The first-order valence-electron chi connectivity index (χ1n) is 10.0. The normalized spacial score (nSPS) is 28.9. The second-order valence-corrected chi connectivity index (χ2v) is 7.87. The van der Waals surface area contributed by atoms with E-state index in [-0.39, 0.29) is 34.3 Å². The van der Waals surface area contributed by atoms with Gasteiger partial charge in [-0.1, -0.05) is 0 Å². The second kappa shape index (κ2) is 8.52. The van der Waals surface area contributed by atoms with Crippen LogP contribution in [-0.2, 0) is 9.47 Å². The Morgan fingerprint density at radius 1 is 0.909 bits per heavy atom. The number of aliphatic hydroxyl groups excluding tert-OH is 3. The highest BCUT2D eigenvalue weighted by Gasteiger charge is 2.45. The second-order valence-electron chi connectivity index (χ2n) is 7.87. The van der Waals surface area contributed by atoms with Gasteiger partial charge in [0.05, 0.1) is 24.8 Å². The molecule has 0 bridgehead atoms. The van der Waals surface area contributed by atoms with Gasteiger partial charge < -0.3 is 54.7 Å². The molecule has 0 spiro atoms. The van der Waals surface area contributed by atoms with E-state index in [9.17, 15) is 35.7 Å². The van der Waals surface area contributed by atoms with Crippen molar-refractivity contribution in [2.75, 3.05) is 7.11 Å². The van der Waals surface area contributed by atoms with Gasteiger partial charge in [-0.2, -0.15) is 0 Å². The number of ether oxygens (including phenoxy) is 4. The average molecular weight is 465 g/mol. The Balaban J connectivity index is 1.78. The lowest BCUT2D eigenvalue weighted by Gasteiger charge is -2.40. The maximum Gasteiger partial charge on any atom is 0.270 e. The summed E-state index contributed by atoms with van der Waals surface area (Å²) in [6.45, 7) is 1.50. The van der Waals surface area contributed by atoms with Crippen molar-refractivity contribution in [2.45, 2.75) is 43.7 Å². The molecule has 11 heteroatoms. The molecule has 33 heavy (non-hydrogen) atoms. The largest absolute Gasteiger partial charge is 0.571 e. The van der Waals surface area contributed by atoms with Crippen LogP contribution in [0.15, 0.2) is 30.0 Å². The molecular weight excluding hydrogens is 440 g/mol. The number of hydrogen-bond acceptors (Lipinski definition) is 10. The monoisotopic (exact) mass is 465 g/mol. The molecule has 0 amide bonds. The zero-order valence-electron chi connectivity index (χ0n) is 17.7.